The van der Waals surface area contributed by atoms with Gasteiger partial charge in [-0.05, 0) is 44.2 Å². The summed E-state index contributed by atoms with van der Waals surface area (Å²) in [7, 11) is 0. The normalized spacial score (nSPS) is 14.8. The molecule has 0 aliphatic carbocycles. The SMILES string of the molecule is CC1(C)Cn2c(nc(-c3ccncn3)cc2=O)N1CC(=O)c1ccc(F)cc1. The van der Waals surface area contributed by atoms with Crippen molar-refractivity contribution in [1.82, 2.24) is 19.5 Å². The minimum Gasteiger partial charge on any atom is -0.328 e. The molecule has 4 rings (SSSR count). The Morgan fingerprint density at radius 2 is 1.93 bits per heavy atom. The molecule has 142 valence electrons. The summed E-state index contributed by atoms with van der Waals surface area (Å²) in [4.78, 5) is 39.9. The molecular weight excluding hydrogens is 361 g/mol. The van der Waals surface area contributed by atoms with E-state index in [-0.39, 0.29) is 17.9 Å². The Kier molecular flexibility index (Phi) is 4.26. The Morgan fingerprint density at radius 1 is 1.18 bits per heavy atom. The number of hydrogen-bond acceptors (Lipinski definition) is 6. The Labute approximate surface area is 160 Å². The molecule has 2 aromatic heterocycles. The zero-order chi connectivity index (χ0) is 19.9. The quantitative estimate of drug-likeness (QED) is 0.647. The highest BCUT2D eigenvalue weighted by molar-refractivity contribution is 5.99. The maximum atomic E-state index is 13.1. The second kappa shape index (κ2) is 6.63. The van der Waals surface area contributed by atoms with Gasteiger partial charge < -0.3 is 4.90 Å². The van der Waals surface area contributed by atoms with Crippen molar-refractivity contribution in [2.75, 3.05) is 11.4 Å². The number of carbonyl (C=O) groups excluding carboxylic acids is 1. The van der Waals surface area contributed by atoms with E-state index >= 15 is 0 Å². The van der Waals surface area contributed by atoms with Gasteiger partial charge in [0, 0.05) is 17.8 Å². The van der Waals surface area contributed by atoms with Gasteiger partial charge >= 0.3 is 0 Å². The topological polar surface area (TPSA) is 81.0 Å². The molecule has 3 aromatic rings. The van der Waals surface area contributed by atoms with Crippen LogP contribution in [0.15, 0.2) is 53.7 Å². The number of benzene rings is 1. The molecule has 0 unspecified atom stereocenters. The Bertz CT molecular complexity index is 1090. The molecule has 3 heterocycles. The van der Waals surface area contributed by atoms with Crippen LogP contribution in [0, 0.1) is 5.82 Å². The van der Waals surface area contributed by atoms with Crippen LogP contribution in [0.2, 0.25) is 0 Å². The summed E-state index contributed by atoms with van der Waals surface area (Å²) < 4.78 is 14.7. The molecule has 1 aromatic carbocycles. The lowest BCUT2D eigenvalue weighted by Crippen LogP contribution is -2.44. The summed E-state index contributed by atoms with van der Waals surface area (Å²) in [6, 6.07) is 8.54. The molecular formula is C20H18FN5O2. The highest BCUT2D eigenvalue weighted by Gasteiger charge is 2.39. The standard InChI is InChI=1S/C20H18FN5O2/c1-20(2)11-25-18(28)9-16(15-7-8-22-12-23-15)24-19(25)26(20)10-17(27)13-3-5-14(21)6-4-13/h3-9,12H,10-11H2,1-2H3. The Morgan fingerprint density at radius 3 is 2.61 bits per heavy atom. The fourth-order valence-corrected chi connectivity index (χ4v) is 3.32. The van der Waals surface area contributed by atoms with Crippen LogP contribution in [-0.4, -0.2) is 37.4 Å². The van der Waals surface area contributed by atoms with Crippen LogP contribution in [0.4, 0.5) is 10.3 Å². The fraction of sp³-hybridized carbons (Fsp3) is 0.250. The van der Waals surface area contributed by atoms with Gasteiger partial charge in [-0.3, -0.25) is 14.2 Å². The van der Waals surface area contributed by atoms with Crippen molar-refractivity contribution in [2.24, 2.45) is 0 Å². The third kappa shape index (κ3) is 3.17. The highest BCUT2D eigenvalue weighted by Crippen LogP contribution is 2.32. The van der Waals surface area contributed by atoms with E-state index in [1.165, 1.54) is 36.7 Å². The van der Waals surface area contributed by atoms with E-state index in [2.05, 4.69) is 15.0 Å². The number of ketones is 1. The fourth-order valence-electron chi connectivity index (χ4n) is 3.32. The Hall–Kier alpha value is -3.42. The highest BCUT2D eigenvalue weighted by atomic mass is 19.1. The van der Waals surface area contributed by atoms with Crippen LogP contribution >= 0.6 is 0 Å². The number of nitrogens with zero attached hydrogens (tertiary/aromatic N) is 5. The van der Waals surface area contributed by atoms with Gasteiger partial charge in [0.1, 0.15) is 12.1 Å². The summed E-state index contributed by atoms with van der Waals surface area (Å²) >= 11 is 0. The molecule has 7 nitrogen and oxygen atoms in total. The average Bonchev–Trinajstić information content (AvgIpc) is 2.94. The third-order valence-corrected chi connectivity index (χ3v) is 4.82. The number of aromatic nitrogens is 4. The molecule has 0 N–H and O–H groups in total. The molecule has 0 saturated heterocycles. The number of anilines is 1. The van der Waals surface area contributed by atoms with Crippen LogP contribution < -0.4 is 10.5 Å². The maximum Gasteiger partial charge on any atom is 0.255 e. The van der Waals surface area contributed by atoms with E-state index < -0.39 is 11.4 Å². The second-order valence-electron chi connectivity index (χ2n) is 7.29. The van der Waals surface area contributed by atoms with Gasteiger partial charge in [-0.2, -0.15) is 0 Å². The summed E-state index contributed by atoms with van der Waals surface area (Å²) in [5.41, 5.74) is 0.674. The molecule has 0 atom stereocenters. The predicted molar refractivity (Wildman–Crippen MR) is 102 cm³/mol. The van der Waals surface area contributed by atoms with Crippen molar-refractivity contribution in [3.63, 3.8) is 0 Å². The zero-order valence-electron chi connectivity index (χ0n) is 15.5. The van der Waals surface area contributed by atoms with Crippen molar-refractivity contribution in [3.8, 4) is 11.4 Å². The minimum absolute atomic E-state index is 0.0261. The molecule has 0 radical (unpaired) electrons. The minimum atomic E-state index is -0.487. The van der Waals surface area contributed by atoms with E-state index in [4.69, 9.17) is 0 Å². The van der Waals surface area contributed by atoms with E-state index in [1.54, 1.807) is 16.8 Å². The van der Waals surface area contributed by atoms with E-state index in [0.29, 0.717) is 29.4 Å². The first-order valence-corrected chi connectivity index (χ1v) is 8.80. The molecule has 0 bridgehead atoms. The summed E-state index contributed by atoms with van der Waals surface area (Å²) in [6.45, 7) is 4.33. The van der Waals surface area contributed by atoms with E-state index in [9.17, 15) is 14.0 Å². The van der Waals surface area contributed by atoms with Crippen LogP contribution in [0.3, 0.4) is 0 Å². The number of fused-ring (bicyclic) bond motifs is 1. The first-order chi connectivity index (χ1) is 13.3. The van der Waals surface area contributed by atoms with Gasteiger partial charge in [0.25, 0.3) is 5.56 Å². The number of Topliss-reactive ketones (excluding diaryl/α,β-unsaturated/α-hetero) is 1. The van der Waals surface area contributed by atoms with E-state index in [0.717, 1.165) is 0 Å². The lowest BCUT2D eigenvalue weighted by molar-refractivity contribution is 0.0993. The van der Waals surface area contributed by atoms with Crippen LogP contribution in [0.25, 0.3) is 11.4 Å². The van der Waals surface area contributed by atoms with Gasteiger partial charge in [-0.15, -0.1) is 0 Å². The van der Waals surface area contributed by atoms with E-state index in [1.807, 2.05) is 18.7 Å². The van der Waals surface area contributed by atoms with Crippen molar-refractivity contribution >= 4 is 11.7 Å². The van der Waals surface area contributed by atoms with Gasteiger partial charge in [0.15, 0.2) is 5.78 Å². The lowest BCUT2D eigenvalue weighted by Gasteiger charge is -2.31. The molecule has 0 fully saturated rings. The molecule has 0 amide bonds. The van der Waals surface area contributed by atoms with Crippen molar-refractivity contribution < 1.29 is 9.18 Å². The third-order valence-electron chi connectivity index (χ3n) is 4.82. The van der Waals surface area contributed by atoms with Crippen molar-refractivity contribution in [3.05, 3.63) is 70.7 Å². The lowest BCUT2D eigenvalue weighted by atomic mass is 10.0. The summed E-state index contributed by atoms with van der Waals surface area (Å²) in [5.74, 6) is -0.157. The number of carbonyl (C=O) groups is 1. The monoisotopic (exact) mass is 379 g/mol. The zero-order valence-corrected chi connectivity index (χ0v) is 15.5. The molecule has 28 heavy (non-hydrogen) atoms. The van der Waals surface area contributed by atoms with Crippen molar-refractivity contribution in [2.45, 2.75) is 25.9 Å². The first kappa shape index (κ1) is 18.0. The molecule has 1 aliphatic heterocycles. The predicted octanol–water partition coefficient (Wildman–Crippen LogP) is 2.32. The second-order valence-corrected chi connectivity index (χ2v) is 7.29. The van der Waals surface area contributed by atoms with Crippen LogP contribution in [-0.2, 0) is 6.54 Å². The summed E-state index contributed by atoms with van der Waals surface area (Å²) in [6.07, 6.45) is 2.97. The molecule has 8 heteroatoms. The van der Waals surface area contributed by atoms with Gasteiger partial charge in [-0.1, -0.05) is 0 Å². The molecule has 0 saturated carbocycles. The molecule has 1 aliphatic rings. The largest absolute Gasteiger partial charge is 0.328 e. The summed E-state index contributed by atoms with van der Waals surface area (Å²) in [5, 5.41) is 0. The van der Waals surface area contributed by atoms with Gasteiger partial charge in [0.05, 0.1) is 30.0 Å². The van der Waals surface area contributed by atoms with Crippen molar-refractivity contribution in [1.29, 1.82) is 0 Å². The average molecular weight is 379 g/mol. The first-order valence-electron chi connectivity index (χ1n) is 8.80. The van der Waals surface area contributed by atoms with Gasteiger partial charge in [-0.25, -0.2) is 19.3 Å². The smallest absolute Gasteiger partial charge is 0.255 e. The number of rotatable bonds is 4. The molecule has 0 spiro atoms. The Balaban J connectivity index is 1.73. The van der Waals surface area contributed by atoms with Crippen LogP contribution in [0.5, 0.6) is 0 Å². The number of halogens is 1. The number of hydrogen-bond donors (Lipinski definition) is 0. The van der Waals surface area contributed by atoms with Crippen LogP contribution in [0.1, 0.15) is 24.2 Å². The maximum absolute atomic E-state index is 13.1. The van der Waals surface area contributed by atoms with Gasteiger partial charge in [0.2, 0.25) is 5.95 Å².